The van der Waals surface area contributed by atoms with Crippen LogP contribution in [-0.2, 0) is 4.79 Å². The van der Waals surface area contributed by atoms with E-state index in [1.54, 1.807) is 11.3 Å². The van der Waals surface area contributed by atoms with Gasteiger partial charge in [0.1, 0.15) is 0 Å². The fourth-order valence-electron chi connectivity index (χ4n) is 1.68. The lowest BCUT2D eigenvalue weighted by atomic mass is 9.83. The first kappa shape index (κ1) is 11.5. The highest BCUT2D eigenvalue weighted by Crippen LogP contribution is 2.25. The average molecular weight is 239 g/mol. The van der Waals surface area contributed by atoms with Gasteiger partial charge >= 0.3 is 0 Å². The minimum absolute atomic E-state index is 0.0520. The molecule has 0 radical (unpaired) electrons. The predicted octanol–water partition coefficient (Wildman–Crippen LogP) is 1.24. The fourth-order valence-corrected chi connectivity index (χ4v) is 2.47. The molecule has 1 unspecified atom stereocenters. The Morgan fingerprint density at radius 2 is 2.38 bits per heavy atom. The summed E-state index contributed by atoms with van der Waals surface area (Å²) < 4.78 is 0. The van der Waals surface area contributed by atoms with Gasteiger partial charge in [-0.05, 0) is 20.8 Å². The van der Waals surface area contributed by atoms with Crippen molar-refractivity contribution in [2.45, 2.75) is 26.8 Å². The fraction of sp³-hybridized carbons (Fsp3) is 0.636. The van der Waals surface area contributed by atoms with Crippen molar-refractivity contribution in [3.63, 3.8) is 0 Å². The first-order chi connectivity index (χ1) is 7.51. The molecule has 1 fully saturated rings. The highest BCUT2D eigenvalue weighted by atomic mass is 32.1. The first-order valence-corrected chi connectivity index (χ1v) is 6.27. The summed E-state index contributed by atoms with van der Waals surface area (Å²) >= 11 is 1.63. The number of nitrogens with one attached hydrogen (secondary N) is 2. The Balaban J connectivity index is 1.97. The molecule has 16 heavy (non-hydrogen) atoms. The molecule has 2 heterocycles. The number of thiazole rings is 1. The molecule has 0 aromatic carbocycles. The number of rotatable bonds is 3. The molecule has 1 saturated heterocycles. The third kappa shape index (κ3) is 2.10. The van der Waals surface area contributed by atoms with Gasteiger partial charge in [0, 0.05) is 24.2 Å². The lowest BCUT2D eigenvalue weighted by molar-refractivity contribution is -0.133. The Morgan fingerprint density at radius 3 is 2.81 bits per heavy atom. The van der Waals surface area contributed by atoms with Crippen LogP contribution < -0.4 is 10.6 Å². The molecule has 0 spiro atoms. The van der Waals surface area contributed by atoms with Crippen molar-refractivity contribution in [1.82, 2.24) is 15.6 Å². The van der Waals surface area contributed by atoms with Crippen LogP contribution in [0.25, 0.3) is 0 Å². The summed E-state index contributed by atoms with van der Waals surface area (Å²) in [5.74, 6) is 0.129. The maximum Gasteiger partial charge on any atom is 0.229 e. The second kappa shape index (κ2) is 4.14. The van der Waals surface area contributed by atoms with Gasteiger partial charge in [0.15, 0.2) is 0 Å². The number of nitrogens with zero attached hydrogens (tertiary/aromatic N) is 1. The molecule has 1 amide bonds. The van der Waals surface area contributed by atoms with Crippen molar-refractivity contribution in [2.24, 2.45) is 5.41 Å². The van der Waals surface area contributed by atoms with Crippen molar-refractivity contribution in [2.75, 3.05) is 13.1 Å². The van der Waals surface area contributed by atoms with Gasteiger partial charge in [0.2, 0.25) is 5.91 Å². The standard InChI is InChI=1S/C11H17N3OS/c1-7(9-4-13-8(2)16-9)14-10(15)11(3)5-12-6-11/h4,7,12H,5-6H2,1-3H3,(H,14,15). The lowest BCUT2D eigenvalue weighted by Gasteiger charge is -2.38. The number of carbonyl (C=O) groups is 1. The van der Waals surface area contributed by atoms with Crippen LogP contribution in [0.15, 0.2) is 6.20 Å². The molecule has 1 aliphatic rings. The van der Waals surface area contributed by atoms with Crippen molar-refractivity contribution < 1.29 is 4.79 Å². The molecule has 1 aliphatic heterocycles. The molecule has 5 heteroatoms. The van der Waals surface area contributed by atoms with Crippen LogP contribution in [-0.4, -0.2) is 24.0 Å². The predicted molar refractivity (Wildman–Crippen MR) is 64.4 cm³/mol. The number of hydrogen-bond acceptors (Lipinski definition) is 4. The molecule has 1 aromatic heterocycles. The van der Waals surface area contributed by atoms with E-state index < -0.39 is 0 Å². The number of aromatic nitrogens is 1. The number of hydrogen-bond donors (Lipinski definition) is 2. The van der Waals surface area contributed by atoms with E-state index in [2.05, 4.69) is 15.6 Å². The highest BCUT2D eigenvalue weighted by Gasteiger charge is 2.39. The maximum absolute atomic E-state index is 12.0. The van der Waals surface area contributed by atoms with E-state index >= 15 is 0 Å². The molecule has 4 nitrogen and oxygen atoms in total. The summed E-state index contributed by atoms with van der Waals surface area (Å²) in [6.45, 7) is 7.50. The third-order valence-corrected chi connectivity index (χ3v) is 4.09. The van der Waals surface area contributed by atoms with Gasteiger partial charge in [-0.1, -0.05) is 0 Å². The molecular weight excluding hydrogens is 222 g/mol. The molecule has 2 rings (SSSR count). The second-order valence-corrected chi connectivity index (χ2v) is 5.91. The number of aryl methyl sites for hydroxylation is 1. The van der Waals surface area contributed by atoms with Gasteiger partial charge in [0.25, 0.3) is 0 Å². The number of carbonyl (C=O) groups excluding carboxylic acids is 1. The molecule has 88 valence electrons. The van der Waals surface area contributed by atoms with E-state index in [1.807, 2.05) is 27.0 Å². The third-order valence-electron chi connectivity index (χ3n) is 2.99. The molecular formula is C11H17N3OS. The minimum Gasteiger partial charge on any atom is -0.348 e. The Kier molecular flexibility index (Phi) is 2.99. The molecule has 1 aromatic rings. The highest BCUT2D eigenvalue weighted by molar-refractivity contribution is 7.11. The van der Waals surface area contributed by atoms with Crippen LogP contribution in [0.1, 0.15) is 29.8 Å². The normalized spacial score (nSPS) is 19.9. The minimum atomic E-state index is -0.228. The van der Waals surface area contributed by atoms with Gasteiger partial charge in [-0.2, -0.15) is 0 Å². The lowest BCUT2D eigenvalue weighted by Crippen LogP contribution is -2.59. The van der Waals surface area contributed by atoms with Crippen LogP contribution in [0, 0.1) is 12.3 Å². The Morgan fingerprint density at radius 1 is 1.69 bits per heavy atom. The molecule has 0 bridgehead atoms. The van der Waals surface area contributed by atoms with Gasteiger partial charge in [0.05, 0.1) is 16.5 Å². The Labute approximate surface area is 99.5 Å². The Bertz CT molecular complexity index is 398. The zero-order chi connectivity index (χ0) is 11.8. The molecule has 0 saturated carbocycles. The molecule has 1 atom stereocenters. The SMILES string of the molecule is Cc1ncc(C(C)NC(=O)C2(C)CNC2)s1. The van der Waals surface area contributed by atoms with E-state index in [1.165, 1.54) is 0 Å². The van der Waals surface area contributed by atoms with Gasteiger partial charge in [-0.25, -0.2) is 4.98 Å². The summed E-state index contributed by atoms with van der Waals surface area (Å²) in [5.41, 5.74) is -0.228. The van der Waals surface area contributed by atoms with Crippen molar-refractivity contribution >= 4 is 17.2 Å². The summed E-state index contributed by atoms with van der Waals surface area (Å²) in [6, 6.07) is 0.0520. The zero-order valence-electron chi connectivity index (χ0n) is 9.83. The number of amides is 1. The monoisotopic (exact) mass is 239 g/mol. The van der Waals surface area contributed by atoms with Crippen LogP contribution in [0.2, 0.25) is 0 Å². The van der Waals surface area contributed by atoms with Crippen molar-refractivity contribution in [3.8, 4) is 0 Å². The van der Waals surface area contributed by atoms with E-state index in [0.717, 1.165) is 23.0 Å². The van der Waals surface area contributed by atoms with Crippen LogP contribution in [0.4, 0.5) is 0 Å². The summed E-state index contributed by atoms with van der Waals surface area (Å²) in [7, 11) is 0. The largest absolute Gasteiger partial charge is 0.348 e. The van der Waals surface area contributed by atoms with Crippen molar-refractivity contribution in [3.05, 3.63) is 16.1 Å². The second-order valence-electron chi connectivity index (χ2n) is 4.64. The average Bonchev–Trinajstić information content (AvgIpc) is 2.61. The van der Waals surface area contributed by atoms with E-state index in [4.69, 9.17) is 0 Å². The maximum atomic E-state index is 12.0. The molecule has 0 aliphatic carbocycles. The van der Waals surface area contributed by atoms with Gasteiger partial charge < -0.3 is 10.6 Å². The smallest absolute Gasteiger partial charge is 0.229 e. The van der Waals surface area contributed by atoms with Gasteiger partial charge in [-0.15, -0.1) is 11.3 Å². The summed E-state index contributed by atoms with van der Waals surface area (Å²) in [6.07, 6.45) is 1.84. The van der Waals surface area contributed by atoms with Crippen LogP contribution in [0.5, 0.6) is 0 Å². The van der Waals surface area contributed by atoms with Crippen LogP contribution >= 0.6 is 11.3 Å². The van der Waals surface area contributed by atoms with E-state index in [0.29, 0.717) is 0 Å². The van der Waals surface area contributed by atoms with Crippen LogP contribution in [0.3, 0.4) is 0 Å². The van der Waals surface area contributed by atoms with E-state index in [9.17, 15) is 4.79 Å². The van der Waals surface area contributed by atoms with E-state index in [-0.39, 0.29) is 17.4 Å². The quantitative estimate of drug-likeness (QED) is 0.834. The molecule has 2 N–H and O–H groups in total. The van der Waals surface area contributed by atoms with Gasteiger partial charge in [-0.3, -0.25) is 4.79 Å². The zero-order valence-corrected chi connectivity index (χ0v) is 10.6. The topological polar surface area (TPSA) is 54.0 Å². The summed E-state index contributed by atoms with van der Waals surface area (Å²) in [5, 5.41) is 7.21. The van der Waals surface area contributed by atoms with Crippen molar-refractivity contribution in [1.29, 1.82) is 0 Å². The first-order valence-electron chi connectivity index (χ1n) is 5.45. The summed E-state index contributed by atoms with van der Waals surface area (Å²) in [4.78, 5) is 17.3. The Hall–Kier alpha value is -0.940.